The molecule has 2 rings (SSSR count). The Bertz CT molecular complexity index is 728. The minimum absolute atomic E-state index is 0.0429. The summed E-state index contributed by atoms with van der Waals surface area (Å²) in [7, 11) is 1.42. The number of aromatic nitrogens is 3. The molecule has 0 aliphatic rings. The minimum atomic E-state index is -0.0429. The van der Waals surface area contributed by atoms with Gasteiger partial charge in [-0.25, -0.2) is 4.98 Å². The second kappa shape index (κ2) is 7.04. The first-order valence-corrected chi connectivity index (χ1v) is 7.27. The molecular formula is C16H21N5O2. The van der Waals surface area contributed by atoms with E-state index < -0.39 is 0 Å². The van der Waals surface area contributed by atoms with Gasteiger partial charge in [0.25, 0.3) is 0 Å². The molecule has 2 N–H and O–H groups in total. The van der Waals surface area contributed by atoms with E-state index in [0.717, 1.165) is 22.4 Å². The van der Waals surface area contributed by atoms with Crippen LogP contribution in [0.1, 0.15) is 30.9 Å². The van der Waals surface area contributed by atoms with Gasteiger partial charge in [-0.05, 0) is 44.9 Å². The van der Waals surface area contributed by atoms with Crippen molar-refractivity contribution in [2.75, 3.05) is 7.11 Å². The molecule has 2 aromatic rings. The Labute approximate surface area is 135 Å². The molecule has 122 valence electrons. The highest BCUT2D eigenvalue weighted by Crippen LogP contribution is 2.33. The number of nitrogens with zero attached hydrogens (tertiary/aromatic N) is 4. The summed E-state index contributed by atoms with van der Waals surface area (Å²) in [5.74, 6) is 0.837. The Hall–Kier alpha value is -2.70. The van der Waals surface area contributed by atoms with Crippen LogP contribution in [0.2, 0.25) is 0 Å². The van der Waals surface area contributed by atoms with E-state index in [1.807, 2.05) is 33.8 Å². The summed E-state index contributed by atoms with van der Waals surface area (Å²) in [6, 6.07) is 1.92. The Balaban J connectivity index is 2.66. The molecule has 0 saturated carbocycles. The average molecular weight is 315 g/mol. The van der Waals surface area contributed by atoms with Crippen molar-refractivity contribution in [1.29, 1.82) is 0 Å². The second-order valence-electron chi connectivity index (χ2n) is 5.33. The van der Waals surface area contributed by atoms with Crippen LogP contribution in [-0.4, -0.2) is 34.0 Å². The van der Waals surface area contributed by atoms with Gasteiger partial charge in [0.15, 0.2) is 0 Å². The molecule has 2 heterocycles. The number of hydrogen-bond donors (Lipinski definition) is 1. The van der Waals surface area contributed by atoms with Crippen molar-refractivity contribution in [3.63, 3.8) is 0 Å². The summed E-state index contributed by atoms with van der Waals surface area (Å²) in [6.07, 6.45) is 3.48. The van der Waals surface area contributed by atoms with E-state index in [-0.39, 0.29) is 17.8 Å². The first-order valence-electron chi connectivity index (χ1n) is 7.27. The quantitative estimate of drug-likeness (QED) is 0.516. The SMILES string of the molecule is CO/N=C(\N)c1nc(C)c(-c2ccncc2C)c(OC(C)C)n1. The van der Waals surface area contributed by atoms with Crippen molar-refractivity contribution in [3.8, 4) is 17.0 Å². The van der Waals surface area contributed by atoms with Crippen LogP contribution in [0.3, 0.4) is 0 Å². The normalized spacial score (nSPS) is 11.7. The summed E-state index contributed by atoms with van der Waals surface area (Å²) < 4.78 is 5.88. The van der Waals surface area contributed by atoms with Crippen LogP contribution >= 0.6 is 0 Å². The van der Waals surface area contributed by atoms with Gasteiger partial charge in [-0.3, -0.25) is 4.98 Å². The van der Waals surface area contributed by atoms with Crippen LogP contribution in [0.25, 0.3) is 11.1 Å². The summed E-state index contributed by atoms with van der Waals surface area (Å²) >= 11 is 0. The number of hydrogen-bond acceptors (Lipinski definition) is 6. The fourth-order valence-corrected chi connectivity index (χ4v) is 2.17. The van der Waals surface area contributed by atoms with Crippen molar-refractivity contribution in [1.82, 2.24) is 15.0 Å². The molecule has 0 atom stereocenters. The molecule has 0 saturated heterocycles. The summed E-state index contributed by atoms with van der Waals surface area (Å²) in [5.41, 5.74) is 9.39. The van der Waals surface area contributed by atoms with Gasteiger partial charge in [-0.15, -0.1) is 0 Å². The molecule has 0 aliphatic carbocycles. The number of nitrogens with two attached hydrogens (primary N) is 1. The van der Waals surface area contributed by atoms with E-state index in [2.05, 4.69) is 24.9 Å². The first kappa shape index (κ1) is 16.7. The molecule has 0 spiro atoms. The largest absolute Gasteiger partial charge is 0.474 e. The summed E-state index contributed by atoms with van der Waals surface area (Å²) in [5, 5.41) is 3.68. The van der Waals surface area contributed by atoms with Gasteiger partial charge in [0.1, 0.15) is 7.11 Å². The molecular weight excluding hydrogens is 294 g/mol. The third-order valence-electron chi connectivity index (χ3n) is 3.11. The first-order chi connectivity index (χ1) is 10.9. The van der Waals surface area contributed by atoms with Crippen LogP contribution in [-0.2, 0) is 4.84 Å². The Morgan fingerprint density at radius 3 is 2.61 bits per heavy atom. The van der Waals surface area contributed by atoms with E-state index in [9.17, 15) is 0 Å². The van der Waals surface area contributed by atoms with Gasteiger partial charge in [0, 0.05) is 12.4 Å². The fraction of sp³-hybridized carbons (Fsp3) is 0.375. The Kier molecular flexibility index (Phi) is 5.10. The van der Waals surface area contributed by atoms with Gasteiger partial charge >= 0.3 is 0 Å². The summed E-state index contributed by atoms with van der Waals surface area (Å²) in [4.78, 5) is 17.7. The number of aryl methyl sites for hydroxylation is 2. The van der Waals surface area contributed by atoms with Crippen molar-refractivity contribution in [2.24, 2.45) is 10.9 Å². The highest BCUT2D eigenvalue weighted by Gasteiger charge is 2.19. The maximum atomic E-state index is 5.88. The highest BCUT2D eigenvalue weighted by atomic mass is 16.6. The molecule has 2 aromatic heterocycles. The summed E-state index contributed by atoms with van der Waals surface area (Å²) in [6.45, 7) is 7.74. The molecule has 0 aliphatic heterocycles. The molecule has 0 aromatic carbocycles. The zero-order chi connectivity index (χ0) is 17.0. The monoisotopic (exact) mass is 315 g/mol. The smallest absolute Gasteiger partial charge is 0.225 e. The third kappa shape index (κ3) is 3.74. The Morgan fingerprint density at radius 1 is 1.26 bits per heavy atom. The van der Waals surface area contributed by atoms with Crippen molar-refractivity contribution < 1.29 is 9.57 Å². The van der Waals surface area contributed by atoms with Crippen molar-refractivity contribution in [2.45, 2.75) is 33.8 Å². The van der Waals surface area contributed by atoms with E-state index in [0.29, 0.717) is 5.88 Å². The number of ether oxygens (including phenoxy) is 1. The average Bonchev–Trinajstić information content (AvgIpc) is 2.48. The van der Waals surface area contributed by atoms with Crippen LogP contribution in [0.4, 0.5) is 0 Å². The zero-order valence-corrected chi connectivity index (χ0v) is 14.0. The lowest BCUT2D eigenvalue weighted by Gasteiger charge is -2.17. The molecule has 0 amide bonds. The van der Waals surface area contributed by atoms with E-state index >= 15 is 0 Å². The highest BCUT2D eigenvalue weighted by molar-refractivity contribution is 5.94. The van der Waals surface area contributed by atoms with E-state index in [1.54, 1.807) is 12.4 Å². The third-order valence-corrected chi connectivity index (χ3v) is 3.11. The standard InChI is InChI=1S/C16H21N5O2/c1-9(2)23-16-13(12-6-7-18-8-10(12)3)11(4)19-15(20-16)14(17)21-22-5/h6-9H,1-5H3,(H2,17,21). The number of pyridine rings is 1. The van der Waals surface area contributed by atoms with Gasteiger partial charge < -0.3 is 15.3 Å². The zero-order valence-electron chi connectivity index (χ0n) is 14.0. The van der Waals surface area contributed by atoms with Gasteiger partial charge in [0.2, 0.25) is 17.5 Å². The lowest BCUT2D eigenvalue weighted by Crippen LogP contribution is -2.20. The maximum Gasteiger partial charge on any atom is 0.225 e. The molecule has 7 nitrogen and oxygen atoms in total. The van der Waals surface area contributed by atoms with Crippen LogP contribution < -0.4 is 10.5 Å². The van der Waals surface area contributed by atoms with Crippen molar-refractivity contribution >= 4 is 5.84 Å². The van der Waals surface area contributed by atoms with Crippen LogP contribution in [0.15, 0.2) is 23.6 Å². The fourth-order valence-electron chi connectivity index (χ4n) is 2.17. The van der Waals surface area contributed by atoms with Gasteiger partial charge in [0.05, 0.1) is 17.4 Å². The van der Waals surface area contributed by atoms with Gasteiger partial charge in [-0.1, -0.05) is 5.16 Å². The van der Waals surface area contributed by atoms with E-state index in [1.165, 1.54) is 7.11 Å². The van der Waals surface area contributed by atoms with E-state index in [4.69, 9.17) is 10.5 Å². The molecule has 0 fully saturated rings. The molecule has 0 unspecified atom stereocenters. The predicted molar refractivity (Wildman–Crippen MR) is 88.2 cm³/mol. The lowest BCUT2D eigenvalue weighted by molar-refractivity contribution is 0.212. The van der Waals surface area contributed by atoms with Crippen LogP contribution in [0.5, 0.6) is 5.88 Å². The van der Waals surface area contributed by atoms with Gasteiger partial charge in [-0.2, -0.15) is 4.98 Å². The molecule has 23 heavy (non-hydrogen) atoms. The topological polar surface area (TPSA) is 95.5 Å². The number of oxime groups is 1. The minimum Gasteiger partial charge on any atom is -0.474 e. The molecule has 0 radical (unpaired) electrons. The molecule has 0 bridgehead atoms. The van der Waals surface area contributed by atoms with Crippen molar-refractivity contribution in [3.05, 3.63) is 35.5 Å². The lowest BCUT2D eigenvalue weighted by atomic mass is 10.0. The number of rotatable bonds is 5. The van der Waals surface area contributed by atoms with Crippen LogP contribution in [0, 0.1) is 13.8 Å². The maximum absolute atomic E-state index is 5.88. The second-order valence-corrected chi connectivity index (χ2v) is 5.33. The predicted octanol–water partition coefficient (Wildman–Crippen LogP) is 2.21. The number of amidine groups is 1. The Morgan fingerprint density at radius 2 is 2.00 bits per heavy atom. The molecule has 7 heteroatoms.